The molecule has 6 heteroatoms. The number of nitrogens with one attached hydrogen (secondary N) is 1. The van der Waals surface area contributed by atoms with Gasteiger partial charge in [0.05, 0.1) is 5.92 Å². The summed E-state index contributed by atoms with van der Waals surface area (Å²) in [5.41, 5.74) is 3.01. The second-order valence-electron chi connectivity index (χ2n) is 8.16. The van der Waals surface area contributed by atoms with Crippen molar-refractivity contribution in [3.05, 3.63) is 65.6 Å². The van der Waals surface area contributed by atoms with Crippen LogP contribution in [0.15, 0.2) is 48.7 Å². The number of aryl methyl sites for hydroxylation is 1. The molecular weight excluding hydrogens is 376 g/mol. The van der Waals surface area contributed by atoms with Crippen LogP contribution in [0.1, 0.15) is 55.5 Å². The first kappa shape index (κ1) is 20.3. The zero-order valence-electron chi connectivity index (χ0n) is 17.4. The van der Waals surface area contributed by atoms with E-state index in [1.165, 1.54) is 5.56 Å². The Labute approximate surface area is 176 Å². The summed E-state index contributed by atoms with van der Waals surface area (Å²) in [6, 6.07) is 14.0. The Hall–Kier alpha value is -3.02. The Morgan fingerprint density at radius 2 is 2.03 bits per heavy atom. The molecule has 0 bridgehead atoms. The number of carbonyl (C=O) groups is 2. The lowest BCUT2D eigenvalue weighted by atomic mass is 9.94. The van der Waals surface area contributed by atoms with Crippen molar-refractivity contribution in [1.82, 2.24) is 19.9 Å². The molecule has 30 heavy (non-hydrogen) atoms. The summed E-state index contributed by atoms with van der Waals surface area (Å²) < 4.78 is 1.98. The van der Waals surface area contributed by atoms with Gasteiger partial charge in [0.25, 0.3) is 0 Å². The zero-order chi connectivity index (χ0) is 20.9. The standard InChI is InChI=1S/C24H28N4O2/c1-17(19-12-10-18(11-13-19)16-20-6-4-7-21(20)29)24(30)25-14-5-9-23-27-26-22-8-2-3-15-28(22)23/h2-3,8,10-13,15,17,20H,4-7,9,14,16H2,1H3,(H,25,30)/t17-,20+/m0/s1. The number of fused-ring (bicyclic) bond motifs is 1. The van der Waals surface area contributed by atoms with Gasteiger partial charge in [-0.3, -0.25) is 14.0 Å². The van der Waals surface area contributed by atoms with E-state index in [-0.39, 0.29) is 17.7 Å². The van der Waals surface area contributed by atoms with Crippen LogP contribution in [-0.2, 0) is 22.4 Å². The van der Waals surface area contributed by atoms with Gasteiger partial charge in [0.15, 0.2) is 5.65 Å². The van der Waals surface area contributed by atoms with Crippen molar-refractivity contribution in [1.29, 1.82) is 0 Å². The number of carbonyl (C=O) groups excluding carboxylic acids is 2. The van der Waals surface area contributed by atoms with E-state index in [1.807, 2.05) is 47.9 Å². The number of nitrogens with zero attached hydrogens (tertiary/aromatic N) is 3. The highest BCUT2D eigenvalue weighted by molar-refractivity contribution is 5.83. The molecule has 1 aromatic carbocycles. The maximum atomic E-state index is 12.5. The Balaban J connectivity index is 1.24. The molecule has 1 aliphatic rings. The third kappa shape index (κ3) is 4.58. The van der Waals surface area contributed by atoms with Gasteiger partial charge in [-0.15, -0.1) is 10.2 Å². The number of hydrogen-bond donors (Lipinski definition) is 1. The molecule has 1 N–H and O–H groups in total. The number of rotatable bonds is 8. The summed E-state index contributed by atoms with van der Waals surface area (Å²) in [5, 5.41) is 11.4. The Bertz CT molecular complexity index is 1030. The molecule has 0 aliphatic heterocycles. The van der Waals surface area contributed by atoms with Gasteiger partial charge in [0.2, 0.25) is 5.91 Å². The van der Waals surface area contributed by atoms with Crippen LogP contribution in [0.25, 0.3) is 5.65 Å². The molecule has 4 rings (SSSR count). The summed E-state index contributed by atoms with van der Waals surface area (Å²) in [7, 11) is 0. The molecule has 0 saturated heterocycles. The first-order chi connectivity index (χ1) is 14.6. The molecule has 156 valence electrons. The fourth-order valence-corrected chi connectivity index (χ4v) is 4.15. The molecule has 1 amide bonds. The van der Waals surface area contributed by atoms with Crippen molar-refractivity contribution in [2.75, 3.05) is 6.54 Å². The van der Waals surface area contributed by atoms with Gasteiger partial charge in [-0.1, -0.05) is 30.3 Å². The highest BCUT2D eigenvalue weighted by atomic mass is 16.1. The molecule has 6 nitrogen and oxygen atoms in total. The molecule has 3 aromatic rings. The first-order valence-electron chi connectivity index (χ1n) is 10.8. The molecular formula is C24H28N4O2. The van der Waals surface area contributed by atoms with E-state index in [9.17, 15) is 9.59 Å². The maximum Gasteiger partial charge on any atom is 0.227 e. The largest absolute Gasteiger partial charge is 0.356 e. The lowest BCUT2D eigenvalue weighted by molar-refractivity contribution is -0.122. The van der Waals surface area contributed by atoms with E-state index >= 15 is 0 Å². The minimum atomic E-state index is -0.207. The van der Waals surface area contributed by atoms with Crippen LogP contribution in [0.2, 0.25) is 0 Å². The van der Waals surface area contributed by atoms with Crippen LogP contribution >= 0.6 is 0 Å². The SMILES string of the molecule is C[C@H](C(=O)NCCCc1nnc2ccccn12)c1ccc(C[C@H]2CCCC2=O)cc1. The molecule has 1 saturated carbocycles. The third-order valence-corrected chi connectivity index (χ3v) is 6.05. The fraction of sp³-hybridized carbons (Fsp3) is 0.417. The second-order valence-corrected chi connectivity index (χ2v) is 8.16. The maximum absolute atomic E-state index is 12.5. The normalized spacial score (nSPS) is 17.4. The molecule has 2 heterocycles. The quantitative estimate of drug-likeness (QED) is 0.583. The third-order valence-electron chi connectivity index (χ3n) is 6.05. The van der Waals surface area contributed by atoms with E-state index < -0.39 is 0 Å². The summed E-state index contributed by atoms with van der Waals surface area (Å²) in [4.78, 5) is 24.4. The van der Waals surface area contributed by atoms with Gasteiger partial charge in [-0.2, -0.15) is 0 Å². The average molecular weight is 405 g/mol. The smallest absolute Gasteiger partial charge is 0.227 e. The molecule has 1 fully saturated rings. The van der Waals surface area contributed by atoms with Crippen LogP contribution in [0.3, 0.4) is 0 Å². The number of benzene rings is 1. The van der Waals surface area contributed by atoms with Gasteiger partial charge >= 0.3 is 0 Å². The van der Waals surface area contributed by atoms with Gasteiger partial charge in [0, 0.05) is 31.5 Å². The van der Waals surface area contributed by atoms with Gasteiger partial charge in [-0.25, -0.2) is 0 Å². The number of amides is 1. The Kier molecular flexibility index (Phi) is 6.21. The molecule has 2 atom stereocenters. The molecule has 1 aliphatic carbocycles. The summed E-state index contributed by atoms with van der Waals surface area (Å²) in [6.45, 7) is 2.53. The minimum absolute atomic E-state index is 0.0276. The minimum Gasteiger partial charge on any atom is -0.356 e. The highest BCUT2D eigenvalue weighted by Crippen LogP contribution is 2.26. The van der Waals surface area contributed by atoms with Crippen molar-refractivity contribution < 1.29 is 9.59 Å². The van der Waals surface area contributed by atoms with Crippen LogP contribution in [0.5, 0.6) is 0 Å². The predicted molar refractivity (Wildman–Crippen MR) is 115 cm³/mol. The predicted octanol–water partition coefficient (Wildman–Crippen LogP) is 3.49. The number of ketones is 1. The monoisotopic (exact) mass is 404 g/mol. The van der Waals surface area contributed by atoms with Crippen molar-refractivity contribution in [3.63, 3.8) is 0 Å². The van der Waals surface area contributed by atoms with Crippen molar-refractivity contribution in [2.45, 2.75) is 51.4 Å². The van der Waals surface area contributed by atoms with Crippen molar-refractivity contribution in [2.24, 2.45) is 5.92 Å². The van der Waals surface area contributed by atoms with Crippen LogP contribution in [0.4, 0.5) is 0 Å². The van der Waals surface area contributed by atoms with E-state index in [2.05, 4.69) is 27.6 Å². The van der Waals surface area contributed by atoms with Crippen LogP contribution < -0.4 is 5.32 Å². The summed E-state index contributed by atoms with van der Waals surface area (Å²) in [5.74, 6) is 1.30. The highest BCUT2D eigenvalue weighted by Gasteiger charge is 2.24. The fourth-order valence-electron chi connectivity index (χ4n) is 4.15. The summed E-state index contributed by atoms with van der Waals surface area (Å²) in [6.07, 6.45) is 7.09. The van der Waals surface area contributed by atoms with Crippen molar-refractivity contribution >= 4 is 17.3 Å². The number of aromatic nitrogens is 3. The number of pyridine rings is 1. The molecule has 0 radical (unpaired) electrons. The molecule has 0 spiro atoms. The van der Waals surface area contributed by atoms with Crippen molar-refractivity contribution in [3.8, 4) is 0 Å². The summed E-state index contributed by atoms with van der Waals surface area (Å²) >= 11 is 0. The van der Waals surface area contributed by atoms with Crippen LogP contribution in [0, 0.1) is 5.92 Å². The van der Waals surface area contributed by atoms with E-state index in [4.69, 9.17) is 0 Å². The first-order valence-corrected chi connectivity index (χ1v) is 10.8. The lowest BCUT2D eigenvalue weighted by Crippen LogP contribution is -2.29. The zero-order valence-corrected chi connectivity index (χ0v) is 17.4. The second kappa shape index (κ2) is 9.20. The number of hydrogen-bond acceptors (Lipinski definition) is 4. The van der Waals surface area contributed by atoms with Crippen LogP contribution in [-0.4, -0.2) is 32.8 Å². The lowest BCUT2D eigenvalue weighted by Gasteiger charge is -2.14. The van der Waals surface area contributed by atoms with Gasteiger partial charge < -0.3 is 5.32 Å². The molecule has 0 unspecified atom stereocenters. The average Bonchev–Trinajstić information content (AvgIpc) is 3.37. The Morgan fingerprint density at radius 1 is 1.20 bits per heavy atom. The van der Waals surface area contributed by atoms with E-state index in [1.54, 1.807) is 0 Å². The Morgan fingerprint density at radius 3 is 2.80 bits per heavy atom. The van der Waals surface area contributed by atoms with Gasteiger partial charge in [-0.05, 0) is 55.9 Å². The van der Waals surface area contributed by atoms with Gasteiger partial charge in [0.1, 0.15) is 11.6 Å². The molecule has 2 aromatic heterocycles. The number of Topliss-reactive ketones (excluding diaryl/α,β-unsaturated/α-hetero) is 1. The van der Waals surface area contributed by atoms with E-state index in [0.29, 0.717) is 12.3 Å². The van der Waals surface area contributed by atoms with E-state index in [0.717, 1.165) is 55.6 Å². The topological polar surface area (TPSA) is 76.4 Å².